The predicted octanol–water partition coefficient (Wildman–Crippen LogP) is 15.3. The first-order valence-electron chi connectivity index (χ1n) is 26.4. The summed E-state index contributed by atoms with van der Waals surface area (Å²) in [5.41, 5.74) is 16.6. The van der Waals surface area contributed by atoms with Crippen LogP contribution in [0.4, 0.5) is 0 Å². The van der Waals surface area contributed by atoms with Crippen molar-refractivity contribution in [1.82, 2.24) is 9.13 Å². The van der Waals surface area contributed by atoms with Crippen molar-refractivity contribution in [3.63, 3.8) is 0 Å². The van der Waals surface area contributed by atoms with Gasteiger partial charge in [-0.1, -0.05) is 261 Å². The Morgan fingerprint density at radius 2 is 0.750 bits per heavy atom. The largest absolute Gasteiger partial charge is 0.309 e. The summed E-state index contributed by atoms with van der Waals surface area (Å²) < 4.78 is 5.04. The van der Waals surface area contributed by atoms with Crippen LogP contribution in [0.2, 0.25) is 0 Å². The van der Waals surface area contributed by atoms with Crippen molar-refractivity contribution in [3.8, 4) is 33.6 Å². The zero-order valence-corrected chi connectivity index (χ0v) is 42.8. The van der Waals surface area contributed by atoms with E-state index in [-0.39, 0.29) is 0 Å². The Bertz CT molecular complexity index is 4350. The Balaban J connectivity index is 0.953. The van der Waals surface area contributed by atoms with E-state index in [0.717, 1.165) is 11.4 Å². The highest BCUT2D eigenvalue weighted by atomic mass is 28.3. The van der Waals surface area contributed by atoms with Gasteiger partial charge in [0.2, 0.25) is 0 Å². The maximum Gasteiger partial charge on any atom is 0.179 e. The molecule has 15 rings (SSSR count). The van der Waals surface area contributed by atoms with Crippen molar-refractivity contribution >= 4 is 72.4 Å². The first-order valence-corrected chi connectivity index (χ1v) is 28.4. The molecule has 0 spiro atoms. The highest BCUT2D eigenvalue weighted by Crippen LogP contribution is 2.57. The van der Waals surface area contributed by atoms with E-state index in [1.54, 1.807) is 0 Å². The number of rotatable bonds is 9. The predicted molar refractivity (Wildman–Crippen MR) is 321 cm³/mol. The second kappa shape index (κ2) is 17.6. The van der Waals surface area contributed by atoms with Gasteiger partial charge in [-0.05, 0) is 102 Å². The minimum Gasteiger partial charge on any atom is -0.309 e. The first-order chi connectivity index (χ1) is 37.7. The summed E-state index contributed by atoms with van der Waals surface area (Å²) in [7, 11) is -2.72. The van der Waals surface area contributed by atoms with Gasteiger partial charge in [0.15, 0.2) is 8.07 Å². The van der Waals surface area contributed by atoms with Crippen molar-refractivity contribution in [1.29, 1.82) is 0 Å². The van der Waals surface area contributed by atoms with Gasteiger partial charge < -0.3 is 9.13 Å². The van der Waals surface area contributed by atoms with E-state index >= 15 is 0 Å². The van der Waals surface area contributed by atoms with Crippen LogP contribution < -0.4 is 20.7 Å². The number of fused-ring (bicyclic) bond motifs is 9. The summed E-state index contributed by atoms with van der Waals surface area (Å²) in [4.78, 5) is 0. The van der Waals surface area contributed by atoms with Gasteiger partial charge in [-0.3, -0.25) is 0 Å². The average molecular weight is 983 g/mol. The van der Waals surface area contributed by atoms with Crippen LogP contribution in [-0.4, -0.2) is 17.2 Å². The maximum absolute atomic E-state index is 2.72. The first kappa shape index (κ1) is 44.0. The van der Waals surface area contributed by atoms with Crippen molar-refractivity contribution in [2.24, 2.45) is 0 Å². The molecule has 0 amide bonds. The molecule has 356 valence electrons. The molecular weight excluding hydrogens is 933 g/mol. The fourth-order valence-corrected chi connectivity index (χ4v) is 18.2. The minimum atomic E-state index is -2.72. The summed E-state index contributed by atoms with van der Waals surface area (Å²) in [5.74, 6) is 0. The smallest absolute Gasteiger partial charge is 0.179 e. The lowest BCUT2D eigenvalue weighted by molar-refractivity contribution is 0.769. The molecule has 0 bridgehead atoms. The van der Waals surface area contributed by atoms with E-state index in [4.69, 9.17) is 0 Å². The molecule has 0 unspecified atom stereocenters. The highest BCUT2D eigenvalue weighted by molar-refractivity contribution is 7.19. The normalized spacial score (nSPS) is 12.8. The van der Waals surface area contributed by atoms with Crippen LogP contribution in [0.3, 0.4) is 0 Å². The average Bonchev–Trinajstić information content (AvgIpc) is 4.19. The molecule has 3 heteroatoms. The molecule has 2 nitrogen and oxygen atoms in total. The lowest BCUT2D eigenvalue weighted by Gasteiger charge is -2.34. The Hall–Kier alpha value is -9.54. The van der Waals surface area contributed by atoms with Crippen LogP contribution in [0.5, 0.6) is 0 Å². The van der Waals surface area contributed by atoms with Crippen molar-refractivity contribution in [2.45, 2.75) is 5.41 Å². The van der Waals surface area contributed by atoms with Crippen molar-refractivity contribution in [3.05, 3.63) is 326 Å². The summed E-state index contributed by atoms with van der Waals surface area (Å²) in [5, 5.41) is 10.3. The molecule has 14 aromatic rings. The van der Waals surface area contributed by atoms with E-state index in [1.807, 2.05) is 0 Å². The molecule has 0 N–H and O–H groups in total. The monoisotopic (exact) mass is 982 g/mol. The lowest BCUT2D eigenvalue weighted by Crippen LogP contribution is -2.74. The van der Waals surface area contributed by atoms with E-state index < -0.39 is 13.5 Å². The van der Waals surface area contributed by atoms with Gasteiger partial charge in [-0.2, -0.15) is 0 Å². The van der Waals surface area contributed by atoms with Gasteiger partial charge in [0, 0.05) is 32.8 Å². The summed E-state index contributed by atoms with van der Waals surface area (Å²) >= 11 is 0. The Morgan fingerprint density at radius 3 is 1.38 bits per heavy atom. The summed E-state index contributed by atoms with van der Waals surface area (Å²) in [6, 6.07) is 113. The van der Waals surface area contributed by atoms with E-state index in [0.29, 0.717) is 0 Å². The zero-order chi connectivity index (χ0) is 50.2. The van der Waals surface area contributed by atoms with E-state index in [2.05, 4.69) is 312 Å². The van der Waals surface area contributed by atoms with Gasteiger partial charge in [0.05, 0.1) is 33.2 Å². The van der Waals surface area contributed by atoms with Crippen LogP contribution in [0.15, 0.2) is 303 Å². The lowest BCUT2D eigenvalue weighted by atomic mass is 9.67. The van der Waals surface area contributed by atoms with Gasteiger partial charge in [0.1, 0.15) is 0 Å². The topological polar surface area (TPSA) is 9.86 Å². The number of benzene rings is 12. The van der Waals surface area contributed by atoms with Gasteiger partial charge in [0.25, 0.3) is 0 Å². The van der Waals surface area contributed by atoms with E-state index in [9.17, 15) is 0 Å². The second-order valence-corrected chi connectivity index (χ2v) is 24.1. The van der Waals surface area contributed by atoms with Gasteiger partial charge in [-0.15, -0.1) is 0 Å². The third-order valence-electron chi connectivity index (χ3n) is 16.6. The number of para-hydroxylation sites is 3. The quantitative estimate of drug-likeness (QED) is 0.101. The summed E-state index contributed by atoms with van der Waals surface area (Å²) in [6.45, 7) is 0. The molecule has 12 aromatic carbocycles. The molecule has 0 aliphatic heterocycles. The molecule has 76 heavy (non-hydrogen) atoms. The Labute approximate surface area is 443 Å². The molecule has 1 aliphatic rings. The fraction of sp³-hybridized carbons (Fsp3) is 0.0137. The van der Waals surface area contributed by atoms with Crippen LogP contribution in [0.1, 0.15) is 22.3 Å². The molecule has 1 aliphatic carbocycles. The summed E-state index contributed by atoms with van der Waals surface area (Å²) in [6.07, 6.45) is 0. The van der Waals surface area contributed by atoms with Crippen LogP contribution in [-0.2, 0) is 5.41 Å². The molecular formula is C73H50N2Si. The number of hydrogen-bond acceptors (Lipinski definition) is 0. The molecule has 0 saturated heterocycles. The third kappa shape index (κ3) is 6.33. The van der Waals surface area contributed by atoms with Crippen molar-refractivity contribution < 1.29 is 0 Å². The SMILES string of the molecule is c1ccc(C2(c3ccccc3)c3ccccc3-c3ccc(-c4cccc5c6ccccc6n(-c6cccc7c6c6ccccc6n7-c6ccc([Si](c7ccccc7)(c7ccccc7)c7ccccc7)cc6)c45)cc32)cc1. The number of hydrogen-bond donors (Lipinski definition) is 0. The Morgan fingerprint density at radius 1 is 0.289 bits per heavy atom. The Kier molecular flexibility index (Phi) is 10.2. The minimum absolute atomic E-state index is 0.509. The molecule has 2 heterocycles. The molecule has 0 fully saturated rings. The molecule has 2 aromatic heterocycles. The standard InChI is InChI=1S/C73H50N2Si/c1-6-24-52(25-7-1)73(53-26-8-2-9-27-53)65-39-19-16-34-60(65)61-49-44-51(50-66(61)73)59-37-22-38-63-62-35-17-20-40-67(62)75(72(59)63)70-43-23-42-69-71(70)64-36-18-21-41-68(64)74(69)54-45-47-58(48-46-54)76(55-28-10-3-11-29-55,56-30-12-4-13-31-56)57-32-14-5-15-33-57/h1-50H. The number of aromatic nitrogens is 2. The highest BCUT2D eigenvalue weighted by Gasteiger charge is 2.46. The van der Waals surface area contributed by atoms with Gasteiger partial charge >= 0.3 is 0 Å². The second-order valence-electron chi connectivity index (χ2n) is 20.3. The number of nitrogens with zero attached hydrogens (tertiary/aromatic N) is 2. The van der Waals surface area contributed by atoms with E-state index in [1.165, 1.54) is 109 Å². The molecule has 0 radical (unpaired) electrons. The third-order valence-corrected chi connectivity index (χ3v) is 21.4. The van der Waals surface area contributed by atoms with Crippen LogP contribution in [0, 0.1) is 0 Å². The van der Waals surface area contributed by atoms with Crippen molar-refractivity contribution in [2.75, 3.05) is 0 Å². The maximum atomic E-state index is 2.56. The van der Waals surface area contributed by atoms with Crippen LogP contribution >= 0.6 is 0 Å². The zero-order valence-electron chi connectivity index (χ0n) is 41.8. The molecule has 0 saturated carbocycles. The molecule has 0 atom stereocenters. The fourth-order valence-electron chi connectivity index (χ4n) is 13.5. The van der Waals surface area contributed by atoms with Crippen LogP contribution in [0.25, 0.3) is 77.2 Å². The van der Waals surface area contributed by atoms with Gasteiger partial charge in [-0.25, -0.2) is 0 Å².